The summed E-state index contributed by atoms with van der Waals surface area (Å²) in [6.45, 7) is 1.98. The molecule has 1 unspecified atom stereocenters. The van der Waals surface area contributed by atoms with Crippen molar-refractivity contribution in [1.29, 1.82) is 0 Å². The van der Waals surface area contributed by atoms with E-state index in [1.165, 1.54) is 6.07 Å². The molecule has 1 atom stereocenters. The summed E-state index contributed by atoms with van der Waals surface area (Å²) in [4.78, 5) is 32.6. The van der Waals surface area contributed by atoms with E-state index in [9.17, 15) is 25.0 Å². The van der Waals surface area contributed by atoms with Gasteiger partial charge in [0.1, 0.15) is 0 Å². The van der Waals surface area contributed by atoms with E-state index >= 15 is 0 Å². The number of hydrogen-bond donors (Lipinski definition) is 1. The smallest absolute Gasteiger partial charge is 0.345 e. The summed E-state index contributed by atoms with van der Waals surface area (Å²) in [7, 11) is 0. The van der Waals surface area contributed by atoms with Gasteiger partial charge in [-0.3, -0.25) is 25.0 Å². The average molecular weight is 343 g/mol. The summed E-state index contributed by atoms with van der Waals surface area (Å²) in [6.07, 6.45) is 1.53. The Morgan fingerprint density at radius 3 is 2.24 bits per heavy atom. The number of nitro benzene ring substituents is 2. The monoisotopic (exact) mass is 343 g/mol. The zero-order valence-electron chi connectivity index (χ0n) is 13.5. The van der Waals surface area contributed by atoms with Crippen LogP contribution in [0.3, 0.4) is 0 Å². The largest absolute Gasteiger partial charge is 0.346 e. The molecule has 0 bridgehead atoms. The van der Waals surface area contributed by atoms with Gasteiger partial charge in [-0.1, -0.05) is 43.7 Å². The van der Waals surface area contributed by atoms with Crippen LogP contribution in [0.2, 0.25) is 0 Å². The van der Waals surface area contributed by atoms with Crippen LogP contribution in [0.5, 0.6) is 0 Å². The molecule has 2 aromatic carbocycles. The van der Waals surface area contributed by atoms with Gasteiger partial charge in [0.2, 0.25) is 0 Å². The zero-order valence-corrected chi connectivity index (χ0v) is 13.5. The third kappa shape index (κ3) is 4.37. The number of amides is 1. The minimum absolute atomic E-state index is 0.00864. The minimum atomic E-state index is -0.865. The Morgan fingerprint density at radius 1 is 1.04 bits per heavy atom. The van der Waals surface area contributed by atoms with Gasteiger partial charge in [0.15, 0.2) is 0 Å². The Balaban J connectivity index is 2.28. The van der Waals surface area contributed by atoms with Crippen LogP contribution in [0.4, 0.5) is 11.4 Å². The lowest BCUT2D eigenvalue weighted by Gasteiger charge is -2.18. The lowest BCUT2D eigenvalue weighted by Crippen LogP contribution is -2.28. The van der Waals surface area contributed by atoms with Gasteiger partial charge in [-0.2, -0.15) is 0 Å². The fourth-order valence-electron chi connectivity index (χ4n) is 2.50. The van der Waals surface area contributed by atoms with Crippen molar-refractivity contribution in [2.45, 2.75) is 25.8 Å². The molecule has 0 radical (unpaired) electrons. The molecule has 0 aromatic heterocycles. The maximum absolute atomic E-state index is 12.5. The van der Waals surface area contributed by atoms with Crippen molar-refractivity contribution >= 4 is 17.3 Å². The standard InChI is InChI=1S/C17H17N3O5/c1-2-6-14(12-7-4-3-5-8-12)18-17(21)13-9-10-15(19(22)23)16(11-13)20(24)25/h3-5,7-11,14H,2,6H2,1H3,(H,18,21). The number of benzene rings is 2. The molecule has 0 saturated carbocycles. The third-order valence-electron chi connectivity index (χ3n) is 3.72. The second-order valence-corrected chi connectivity index (χ2v) is 5.44. The van der Waals surface area contributed by atoms with E-state index in [1.807, 2.05) is 37.3 Å². The number of hydrogen-bond acceptors (Lipinski definition) is 5. The summed E-state index contributed by atoms with van der Waals surface area (Å²) in [5.41, 5.74) is -0.414. The topological polar surface area (TPSA) is 115 Å². The minimum Gasteiger partial charge on any atom is -0.345 e. The van der Waals surface area contributed by atoms with Crippen molar-refractivity contribution in [2.75, 3.05) is 0 Å². The van der Waals surface area contributed by atoms with E-state index in [4.69, 9.17) is 0 Å². The van der Waals surface area contributed by atoms with Crippen molar-refractivity contribution in [3.63, 3.8) is 0 Å². The molecular weight excluding hydrogens is 326 g/mol. The highest BCUT2D eigenvalue weighted by Gasteiger charge is 2.26. The maximum atomic E-state index is 12.5. The van der Waals surface area contributed by atoms with E-state index in [2.05, 4.69) is 5.32 Å². The lowest BCUT2D eigenvalue weighted by atomic mass is 10.0. The number of nitro groups is 2. The molecule has 0 spiro atoms. The molecule has 0 aliphatic heterocycles. The Hall–Kier alpha value is -3.29. The molecule has 0 heterocycles. The second-order valence-electron chi connectivity index (χ2n) is 5.44. The Morgan fingerprint density at radius 2 is 1.68 bits per heavy atom. The summed E-state index contributed by atoms with van der Waals surface area (Å²) >= 11 is 0. The number of carbonyl (C=O) groups is 1. The second kappa shape index (κ2) is 8.00. The Labute approximate surface area is 143 Å². The van der Waals surface area contributed by atoms with Crippen LogP contribution in [0.1, 0.15) is 41.7 Å². The van der Waals surface area contributed by atoms with Gasteiger partial charge < -0.3 is 5.32 Å². The van der Waals surface area contributed by atoms with E-state index < -0.39 is 27.1 Å². The predicted octanol–water partition coefficient (Wildman–Crippen LogP) is 3.77. The molecule has 130 valence electrons. The molecule has 1 amide bonds. The van der Waals surface area contributed by atoms with Crippen molar-refractivity contribution in [1.82, 2.24) is 5.32 Å². The van der Waals surface area contributed by atoms with Crippen LogP contribution in [-0.4, -0.2) is 15.8 Å². The molecule has 0 aliphatic rings. The number of carbonyl (C=O) groups excluding carboxylic acids is 1. The van der Waals surface area contributed by atoms with E-state index in [1.54, 1.807) is 0 Å². The first-order valence-electron chi connectivity index (χ1n) is 7.72. The first-order chi connectivity index (χ1) is 11.9. The van der Waals surface area contributed by atoms with Crippen LogP contribution in [0.15, 0.2) is 48.5 Å². The van der Waals surface area contributed by atoms with Crippen LogP contribution in [0, 0.1) is 20.2 Å². The normalized spacial score (nSPS) is 11.6. The van der Waals surface area contributed by atoms with Crippen molar-refractivity contribution in [2.24, 2.45) is 0 Å². The van der Waals surface area contributed by atoms with Crippen molar-refractivity contribution in [3.05, 3.63) is 79.9 Å². The molecule has 8 heteroatoms. The predicted molar refractivity (Wildman–Crippen MR) is 91.3 cm³/mol. The van der Waals surface area contributed by atoms with E-state index in [0.717, 1.165) is 24.1 Å². The Kier molecular flexibility index (Phi) is 5.78. The molecule has 25 heavy (non-hydrogen) atoms. The van der Waals surface area contributed by atoms with Crippen LogP contribution in [0.25, 0.3) is 0 Å². The molecule has 1 N–H and O–H groups in total. The van der Waals surface area contributed by atoms with Gasteiger partial charge in [-0.15, -0.1) is 0 Å². The lowest BCUT2D eigenvalue weighted by molar-refractivity contribution is -0.422. The van der Waals surface area contributed by atoms with Gasteiger partial charge in [-0.05, 0) is 18.1 Å². The van der Waals surface area contributed by atoms with Gasteiger partial charge in [0, 0.05) is 17.7 Å². The fourth-order valence-corrected chi connectivity index (χ4v) is 2.50. The number of nitrogens with zero attached hydrogens (tertiary/aromatic N) is 2. The summed E-state index contributed by atoms with van der Waals surface area (Å²) in [5.74, 6) is -0.514. The molecule has 0 aliphatic carbocycles. The highest BCUT2D eigenvalue weighted by atomic mass is 16.6. The first kappa shape index (κ1) is 18.1. The summed E-state index contributed by atoms with van der Waals surface area (Å²) < 4.78 is 0. The summed E-state index contributed by atoms with van der Waals surface area (Å²) in [5, 5.41) is 24.7. The van der Waals surface area contributed by atoms with Crippen LogP contribution in [-0.2, 0) is 0 Å². The Bertz CT molecular complexity index is 792. The highest BCUT2D eigenvalue weighted by molar-refractivity contribution is 5.95. The van der Waals surface area contributed by atoms with Gasteiger partial charge in [0.25, 0.3) is 5.91 Å². The van der Waals surface area contributed by atoms with Crippen molar-refractivity contribution < 1.29 is 14.6 Å². The maximum Gasteiger partial charge on any atom is 0.346 e. The number of nitrogens with one attached hydrogen (secondary N) is 1. The third-order valence-corrected chi connectivity index (χ3v) is 3.72. The quantitative estimate of drug-likeness (QED) is 0.607. The van der Waals surface area contributed by atoms with Gasteiger partial charge >= 0.3 is 11.4 Å². The van der Waals surface area contributed by atoms with Crippen LogP contribution >= 0.6 is 0 Å². The molecule has 8 nitrogen and oxygen atoms in total. The molecular formula is C17H17N3O5. The van der Waals surface area contributed by atoms with Gasteiger partial charge in [0.05, 0.1) is 15.9 Å². The van der Waals surface area contributed by atoms with Gasteiger partial charge in [-0.25, -0.2) is 0 Å². The number of rotatable bonds is 7. The first-order valence-corrected chi connectivity index (χ1v) is 7.72. The fraction of sp³-hybridized carbons (Fsp3) is 0.235. The van der Waals surface area contributed by atoms with Crippen LogP contribution < -0.4 is 5.32 Å². The van der Waals surface area contributed by atoms with E-state index in [0.29, 0.717) is 6.42 Å². The zero-order chi connectivity index (χ0) is 18.4. The highest BCUT2D eigenvalue weighted by Crippen LogP contribution is 2.28. The average Bonchev–Trinajstić information content (AvgIpc) is 2.61. The molecule has 2 aromatic rings. The molecule has 0 saturated heterocycles. The van der Waals surface area contributed by atoms with E-state index in [-0.39, 0.29) is 11.6 Å². The molecule has 0 fully saturated rings. The van der Waals surface area contributed by atoms with Crippen molar-refractivity contribution in [3.8, 4) is 0 Å². The molecule has 2 rings (SSSR count). The SMILES string of the molecule is CCCC(NC(=O)c1ccc([N+](=O)[O-])c([N+](=O)[O-])c1)c1ccccc1. The summed E-state index contributed by atoms with van der Waals surface area (Å²) in [6, 6.07) is 12.3.